The molecule has 1 aliphatic heterocycles. The fraction of sp³-hybridized carbons (Fsp3) is 0.125. The van der Waals surface area contributed by atoms with Gasteiger partial charge in [-0.15, -0.1) is 0 Å². The van der Waals surface area contributed by atoms with E-state index >= 15 is 0 Å². The molecule has 1 atom stereocenters. The Labute approximate surface area is 82.8 Å². The van der Waals surface area contributed by atoms with Crippen molar-refractivity contribution in [2.24, 2.45) is 0 Å². The highest BCUT2D eigenvalue weighted by Crippen LogP contribution is 2.24. The van der Waals surface area contributed by atoms with E-state index < -0.39 is 11.2 Å². The Hall–Kier alpha value is -0.910. The van der Waals surface area contributed by atoms with E-state index in [-0.39, 0.29) is 6.54 Å². The molecule has 5 heteroatoms. The summed E-state index contributed by atoms with van der Waals surface area (Å²) in [6.07, 6.45) is -0.773. The average Bonchev–Trinajstić information content (AvgIpc) is 2.08. The van der Waals surface area contributed by atoms with E-state index in [1.54, 1.807) is 12.1 Å². The van der Waals surface area contributed by atoms with Crippen LogP contribution in [0.15, 0.2) is 22.7 Å². The van der Waals surface area contributed by atoms with Crippen molar-refractivity contribution < 1.29 is 14.6 Å². The molecule has 1 aromatic carbocycles. The lowest BCUT2D eigenvalue weighted by Crippen LogP contribution is -3.10. The normalized spacial score (nSPS) is 20.8. The zero-order valence-electron chi connectivity index (χ0n) is 6.54. The minimum Gasteiger partial charge on any atom is -0.624 e. The van der Waals surface area contributed by atoms with Crippen LogP contribution in [0.1, 0.15) is 5.56 Å². The first-order valence-corrected chi connectivity index (χ1v) is 4.49. The monoisotopic (exact) mass is 243 g/mol. The molecule has 0 aliphatic carbocycles. The summed E-state index contributed by atoms with van der Waals surface area (Å²) in [5.74, 6) is 0.471. The van der Waals surface area contributed by atoms with Gasteiger partial charge in [-0.25, -0.2) is 0 Å². The molecule has 68 valence electrons. The molecule has 1 unspecified atom stereocenters. The third kappa shape index (κ3) is 1.58. The fourth-order valence-corrected chi connectivity index (χ4v) is 1.51. The van der Waals surface area contributed by atoms with Gasteiger partial charge in [-0.2, -0.15) is 4.79 Å². The zero-order chi connectivity index (χ0) is 9.42. The molecule has 13 heavy (non-hydrogen) atoms. The minimum atomic E-state index is -0.773. The second kappa shape index (κ2) is 3.10. The first-order valence-electron chi connectivity index (χ1n) is 3.70. The van der Waals surface area contributed by atoms with Crippen LogP contribution in [0.3, 0.4) is 0 Å². The highest BCUT2D eigenvalue weighted by Gasteiger charge is 2.24. The summed E-state index contributed by atoms with van der Waals surface area (Å²) < 4.78 is 5.63. The van der Waals surface area contributed by atoms with Crippen LogP contribution in [0, 0.1) is 5.21 Å². The van der Waals surface area contributed by atoms with Crippen LogP contribution in [-0.2, 0) is 6.54 Å². The number of halogens is 1. The molecule has 0 bridgehead atoms. The van der Waals surface area contributed by atoms with Crippen molar-refractivity contribution in [1.29, 1.82) is 0 Å². The van der Waals surface area contributed by atoms with Gasteiger partial charge in [0, 0.05) is 4.47 Å². The Morgan fingerprint density at radius 2 is 2.31 bits per heavy atom. The molecule has 0 radical (unpaired) electrons. The van der Waals surface area contributed by atoms with Crippen LogP contribution in [0.25, 0.3) is 0 Å². The first kappa shape index (κ1) is 8.68. The van der Waals surface area contributed by atoms with Crippen LogP contribution in [0.4, 0.5) is 4.79 Å². The molecule has 2 rings (SSSR count). The second-order valence-corrected chi connectivity index (χ2v) is 3.66. The van der Waals surface area contributed by atoms with Gasteiger partial charge in [-0.1, -0.05) is 15.9 Å². The molecule has 1 amide bonds. The predicted molar refractivity (Wildman–Crippen MR) is 48.2 cm³/mol. The van der Waals surface area contributed by atoms with Crippen molar-refractivity contribution >= 4 is 22.0 Å². The number of quaternary nitrogens is 1. The van der Waals surface area contributed by atoms with Crippen LogP contribution >= 0.6 is 15.9 Å². The summed E-state index contributed by atoms with van der Waals surface area (Å²) in [7, 11) is 0. The van der Waals surface area contributed by atoms with E-state index in [1.807, 2.05) is 6.07 Å². The van der Waals surface area contributed by atoms with Crippen LogP contribution in [-0.4, -0.2) is 6.09 Å². The van der Waals surface area contributed by atoms with Crippen molar-refractivity contribution in [2.45, 2.75) is 6.54 Å². The molecule has 1 aliphatic rings. The van der Waals surface area contributed by atoms with Crippen LogP contribution < -0.4 is 9.80 Å². The lowest BCUT2D eigenvalue weighted by molar-refractivity contribution is -0.784. The summed E-state index contributed by atoms with van der Waals surface area (Å²) in [6.45, 7) is 0.140. The van der Waals surface area contributed by atoms with Gasteiger partial charge in [0.05, 0.1) is 5.56 Å². The number of hydrogen-bond acceptors (Lipinski definition) is 3. The number of rotatable bonds is 0. The molecule has 1 heterocycles. The van der Waals surface area contributed by atoms with E-state index in [9.17, 15) is 10.0 Å². The molecule has 0 fully saturated rings. The van der Waals surface area contributed by atoms with E-state index in [1.165, 1.54) is 0 Å². The topological polar surface area (TPSA) is 53.8 Å². The Morgan fingerprint density at radius 1 is 1.54 bits per heavy atom. The van der Waals surface area contributed by atoms with Crippen LogP contribution in [0.5, 0.6) is 5.75 Å². The highest BCUT2D eigenvalue weighted by atomic mass is 79.9. The Morgan fingerprint density at radius 3 is 3.08 bits per heavy atom. The Bertz CT molecular complexity index is 366. The molecule has 0 saturated heterocycles. The smallest absolute Gasteiger partial charge is 0.520 e. The maximum absolute atomic E-state index is 11.0. The van der Waals surface area contributed by atoms with E-state index in [2.05, 4.69) is 15.9 Å². The summed E-state index contributed by atoms with van der Waals surface area (Å²) in [6, 6.07) is 5.26. The standard InChI is InChI=1S/C8H6BrNO3/c9-6-2-1-5-4-10(12)8(11)13-7(5)3-6/h1-3,10H,4H2. The van der Waals surface area contributed by atoms with Crippen LogP contribution in [0.2, 0.25) is 0 Å². The largest absolute Gasteiger partial charge is 0.624 e. The Balaban J connectivity index is 2.42. The highest BCUT2D eigenvalue weighted by molar-refractivity contribution is 9.10. The molecule has 1 aromatic rings. The van der Waals surface area contributed by atoms with E-state index in [0.717, 1.165) is 10.0 Å². The van der Waals surface area contributed by atoms with Gasteiger partial charge in [0.15, 0.2) is 0 Å². The number of ether oxygens (including phenoxy) is 1. The molecule has 0 aromatic heterocycles. The summed E-state index contributed by atoms with van der Waals surface area (Å²) in [5.41, 5.74) is 0.757. The third-order valence-corrected chi connectivity index (χ3v) is 2.30. The van der Waals surface area contributed by atoms with Crippen molar-refractivity contribution in [3.8, 4) is 5.75 Å². The van der Waals surface area contributed by atoms with Gasteiger partial charge >= 0.3 is 6.09 Å². The second-order valence-electron chi connectivity index (χ2n) is 2.74. The van der Waals surface area contributed by atoms with Gasteiger partial charge in [0.2, 0.25) is 0 Å². The lowest BCUT2D eigenvalue weighted by Gasteiger charge is -2.24. The van der Waals surface area contributed by atoms with Crippen molar-refractivity contribution in [3.05, 3.63) is 33.4 Å². The van der Waals surface area contributed by atoms with Crippen molar-refractivity contribution in [2.75, 3.05) is 0 Å². The molecule has 1 N–H and O–H groups in total. The summed E-state index contributed by atoms with van der Waals surface area (Å²) >= 11 is 3.25. The predicted octanol–water partition coefficient (Wildman–Crippen LogP) is 0.844. The van der Waals surface area contributed by atoms with Crippen molar-refractivity contribution in [3.63, 3.8) is 0 Å². The summed E-state index contributed by atoms with van der Waals surface area (Å²) in [4.78, 5) is 10.9. The number of benzene rings is 1. The summed E-state index contributed by atoms with van der Waals surface area (Å²) in [5, 5.41) is 10.5. The zero-order valence-corrected chi connectivity index (χ0v) is 8.13. The number of nitrogens with one attached hydrogen (secondary N) is 1. The average molecular weight is 244 g/mol. The maximum Gasteiger partial charge on any atom is 0.520 e. The number of amides is 1. The quantitative estimate of drug-likeness (QED) is 0.688. The Kier molecular flexibility index (Phi) is 2.07. The number of hydroxylamine groups is 2. The van der Waals surface area contributed by atoms with Gasteiger partial charge in [-0.05, 0) is 18.2 Å². The molecular weight excluding hydrogens is 238 g/mol. The van der Waals surface area contributed by atoms with Gasteiger partial charge in [-0.3, -0.25) is 5.06 Å². The fourth-order valence-electron chi connectivity index (χ4n) is 1.17. The molecular formula is C8H6BrNO3. The van der Waals surface area contributed by atoms with Crippen molar-refractivity contribution in [1.82, 2.24) is 0 Å². The number of carbonyl (C=O) groups excluding carboxylic acids is 1. The molecule has 4 nitrogen and oxygen atoms in total. The third-order valence-electron chi connectivity index (χ3n) is 1.81. The SMILES string of the molecule is O=C1Oc2cc(Br)ccc2C[NH+]1[O-]. The van der Waals surface area contributed by atoms with E-state index in [4.69, 9.17) is 4.74 Å². The number of carbonyl (C=O) groups is 1. The van der Waals surface area contributed by atoms with E-state index in [0.29, 0.717) is 5.75 Å². The number of hydrogen-bond donors (Lipinski definition) is 1. The number of fused-ring (bicyclic) bond motifs is 1. The first-order chi connectivity index (χ1) is 6.16. The lowest BCUT2D eigenvalue weighted by atomic mass is 10.2. The van der Waals surface area contributed by atoms with Gasteiger partial charge in [0.25, 0.3) is 0 Å². The molecule has 0 spiro atoms. The van der Waals surface area contributed by atoms with Gasteiger partial charge < -0.3 is 9.94 Å². The van der Waals surface area contributed by atoms with Gasteiger partial charge in [0.1, 0.15) is 12.3 Å². The minimum absolute atomic E-state index is 0.140. The molecule has 0 saturated carbocycles. The maximum atomic E-state index is 11.0.